The fourth-order valence-corrected chi connectivity index (χ4v) is 3.74. The van der Waals surface area contributed by atoms with Crippen molar-refractivity contribution in [3.05, 3.63) is 76.5 Å². The third kappa shape index (κ3) is 3.89. The van der Waals surface area contributed by atoms with Gasteiger partial charge in [0, 0.05) is 24.3 Å². The third-order valence-corrected chi connectivity index (χ3v) is 5.44. The number of benzene rings is 2. The van der Waals surface area contributed by atoms with Gasteiger partial charge in [-0.05, 0) is 42.7 Å². The van der Waals surface area contributed by atoms with E-state index in [4.69, 9.17) is 11.6 Å². The minimum absolute atomic E-state index is 0.00690. The van der Waals surface area contributed by atoms with Gasteiger partial charge in [-0.25, -0.2) is 0 Å². The van der Waals surface area contributed by atoms with Crippen LogP contribution in [0.2, 0.25) is 0 Å². The second kappa shape index (κ2) is 8.09. The second-order valence-electron chi connectivity index (χ2n) is 7.07. The average molecular weight is 410 g/mol. The Morgan fingerprint density at radius 2 is 1.59 bits per heavy atom. The molecular formula is C22H20ClN3O3. The Morgan fingerprint density at radius 3 is 2.24 bits per heavy atom. The van der Waals surface area contributed by atoms with E-state index in [1.807, 2.05) is 35.2 Å². The van der Waals surface area contributed by atoms with Gasteiger partial charge in [0.1, 0.15) is 10.7 Å². The minimum atomic E-state index is -0.524. The van der Waals surface area contributed by atoms with Gasteiger partial charge in [0.25, 0.3) is 17.7 Å². The molecule has 2 aromatic rings. The zero-order chi connectivity index (χ0) is 20.4. The second-order valence-corrected chi connectivity index (χ2v) is 7.45. The van der Waals surface area contributed by atoms with Crippen molar-refractivity contribution in [2.24, 2.45) is 0 Å². The van der Waals surface area contributed by atoms with Gasteiger partial charge < -0.3 is 10.2 Å². The largest absolute Gasteiger partial charge is 0.350 e. The Bertz CT molecular complexity index is 980. The smallest absolute Gasteiger partial charge is 0.279 e. The minimum Gasteiger partial charge on any atom is -0.350 e. The van der Waals surface area contributed by atoms with Gasteiger partial charge in [-0.3, -0.25) is 19.3 Å². The Hall–Kier alpha value is -3.12. The summed E-state index contributed by atoms with van der Waals surface area (Å²) in [5.41, 5.74) is 2.06. The number of imide groups is 1. The summed E-state index contributed by atoms with van der Waals surface area (Å²) in [6.45, 7) is 1.73. The molecule has 1 saturated heterocycles. The van der Waals surface area contributed by atoms with Gasteiger partial charge in [-0.15, -0.1) is 0 Å². The van der Waals surface area contributed by atoms with Crippen molar-refractivity contribution < 1.29 is 14.4 Å². The maximum atomic E-state index is 12.7. The van der Waals surface area contributed by atoms with Crippen LogP contribution in [-0.4, -0.2) is 40.6 Å². The van der Waals surface area contributed by atoms with Crippen LogP contribution >= 0.6 is 11.6 Å². The van der Waals surface area contributed by atoms with Crippen LogP contribution in [0.3, 0.4) is 0 Å². The van der Waals surface area contributed by atoms with Gasteiger partial charge in [-0.1, -0.05) is 41.9 Å². The first-order chi connectivity index (χ1) is 14.0. The van der Waals surface area contributed by atoms with Gasteiger partial charge in [-0.2, -0.15) is 0 Å². The Balaban J connectivity index is 1.46. The maximum Gasteiger partial charge on any atom is 0.279 e. The molecule has 6 nitrogen and oxygen atoms in total. The quantitative estimate of drug-likeness (QED) is 0.769. The summed E-state index contributed by atoms with van der Waals surface area (Å²) in [5, 5.41) is 2.80. The van der Waals surface area contributed by atoms with E-state index in [0.29, 0.717) is 11.3 Å². The summed E-state index contributed by atoms with van der Waals surface area (Å²) in [5.74, 6) is -0.989. The van der Waals surface area contributed by atoms with Crippen LogP contribution in [0.25, 0.3) is 0 Å². The molecule has 0 radical (unpaired) electrons. The van der Waals surface area contributed by atoms with E-state index < -0.39 is 11.8 Å². The molecule has 0 saturated carbocycles. The van der Waals surface area contributed by atoms with E-state index in [1.165, 1.54) is 0 Å². The lowest BCUT2D eigenvalue weighted by Crippen LogP contribution is -2.31. The summed E-state index contributed by atoms with van der Waals surface area (Å²) in [4.78, 5) is 40.5. The van der Waals surface area contributed by atoms with Crippen molar-refractivity contribution in [1.82, 2.24) is 9.80 Å². The number of hydrogen-bond acceptors (Lipinski definition) is 4. The van der Waals surface area contributed by atoms with Crippen LogP contribution in [0.15, 0.2) is 65.3 Å². The molecule has 0 unspecified atom stereocenters. The summed E-state index contributed by atoms with van der Waals surface area (Å²) in [7, 11) is 0. The lowest BCUT2D eigenvalue weighted by atomic mass is 10.2. The number of amides is 3. The topological polar surface area (TPSA) is 69.7 Å². The molecule has 3 amide bonds. The molecule has 4 rings (SSSR count). The van der Waals surface area contributed by atoms with E-state index >= 15 is 0 Å². The van der Waals surface area contributed by atoms with Crippen LogP contribution in [0.4, 0.5) is 5.69 Å². The molecule has 1 N–H and O–H groups in total. The summed E-state index contributed by atoms with van der Waals surface area (Å²) < 4.78 is 0. The number of carbonyl (C=O) groups excluding carboxylic acids is 3. The SMILES string of the molecule is O=C(c1ccc(NC2=C(Cl)C(=O)N(Cc3ccccc3)C2=O)cc1)N1CCCC1. The zero-order valence-corrected chi connectivity index (χ0v) is 16.5. The number of hydrogen-bond donors (Lipinski definition) is 1. The van der Waals surface area contributed by atoms with E-state index in [9.17, 15) is 14.4 Å². The van der Waals surface area contributed by atoms with Crippen molar-refractivity contribution in [3.8, 4) is 0 Å². The Labute approximate surface area is 173 Å². The first-order valence-corrected chi connectivity index (χ1v) is 9.88. The molecule has 1 fully saturated rings. The monoisotopic (exact) mass is 409 g/mol. The van der Waals surface area contributed by atoms with Gasteiger partial charge in [0.2, 0.25) is 0 Å². The molecule has 2 heterocycles. The molecule has 0 aliphatic carbocycles. The van der Waals surface area contributed by atoms with Crippen LogP contribution < -0.4 is 5.32 Å². The van der Waals surface area contributed by atoms with Crippen LogP contribution in [0, 0.1) is 0 Å². The summed E-state index contributed by atoms with van der Waals surface area (Å²) >= 11 is 6.15. The van der Waals surface area contributed by atoms with E-state index in [1.54, 1.807) is 24.3 Å². The van der Waals surface area contributed by atoms with Crippen molar-refractivity contribution >= 4 is 35.0 Å². The average Bonchev–Trinajstić information content (AvgIpc) is 3.35. The molecule has 2 aliphatic rings. The fourth-order valence-electron chi connectivity index (χ4n) is 3.51. The van der Waals surface area contributed by atoms with Crippen LogP contribution in [-0.2, 0) is 16.1 Å². The zero-order valence-electron chi connectivity index (χ0n) is 15.7. The van der Waals surface area contributed by atoms with Crippen molar-refractivity contribution in [2.45, 2.75) is 19.4 Å². The molecule has 0 aromatic heterocycles. The standard InChI is InChI=1S/C22H20ClN3O3/c23-18-19(22(29)26(21(18)28)14-15-6-2-1-3-7-15)24-17-10-8-16(9-11-17)20(27)25-12-4-5-13-25/h1-3,6-11,24H,4-5,12-14H2. The highest BCUT2D eigenvalue weighted by molar-refractivity contribution is 6.48. The van der Waals surface area contributed by atoms with Gasteiger partial charge in [0.15, 0.2) is 0 Å². The van der Waals surface area contributed by atoms with Crippen LogP contribution in [0.1, 0.15) is 28.8 Å². The lowest BCUT2D eigenvalue weighted by molar-refractivity contribution is -0.138. The molecule has 2 aromatic carbocycles. The fraction of sp³-hybridized carbons (Fsp3) is 0.227. The Morgan fingerprint density at radius 1 is 0.931 bits per heavy atom. The molecular weight excluding hydrogens is 390 g/mol. The number of halogens is 1. The van der Waals surface area contributed by atoms with Crippen LogP contribution in [0.5, 0.6) is 0 Å². The first kappa shape index (κ1) is 19.2. The molecule has 29 heavy (non-hydrogen) atoms. The summed E-state index contributed by atoms with van der Waals surface area (Å²) in [6, 6.07) is 16.1. The highest BCUT2D eigenvalue weighted by Gasteiger charge is 2.37. The summed E-state index contributed by atoms with van der Waals surface area (Å²) in [6.07, 6.45) is 2.07. The van der Waals surface area contributed by atoms with E-state index in [0.717, 1.165) is 36.4 Å². The van der Waals surface area contributed by atoms with Gasteiger partial charge >= 0.3 is 0 Å². The van der Waals surface area contributed by atoms with E-state index in [-0.39, 0.29) is 23.2 Å². The highest BCUT2D eigenvalue weighted by Crippen LogP contribution is 2.27. The van der Waals surface area contributed by atoms with Crippen molar-refractivity contribution in [3.63, 3.8) is 0 Å². The molecule has 0 bridgehead atoms. The molecule has 148 valence electrons. The third-order valence-electron chi connectivity index (χ3n) is 5.09. The number of carbonyl (C=O) groups is 3. The van der Waals surface area contributed by atoms with Gasteiger partial charge in [0.05, 0.1) is 6.54 Å². The molecule has 0 atom stereocenters. The normalized spacial score (nSPS) is 16.7. The molecule has 7 heteroatoms. The number of likely N-dealkylation sites (tertiary alicyclic amines) is 1. The van der Waals surface area contributed by atoms with Crippen molar-refractivity contribution in [1.29, 1.82) is 0 Å². The number of nitrogens with one attached hydrogen (secondary N) is 1. The Kier molecular flexibility index (Phi) is 5.36. The number of nitrogens with zero attached hydrogens (tertiary/aromatic N) is 2. The van der Waals surface area contributed by atoms with E-state index in [2.05, 4.69) is 5.32 Å². The maximum absolute atomic E-state index is 12.7. The predicted octanol–water partition coefficient (Wildman–Crippen LogP) is 3.35. The number of anilines is 1. The first-order valence-electron chi connectivity index (χ1n) is 9.51. The molecule has 2 aliphatic heterocycles. The lowest BCUT2D eigenvalue weighted by Gasteiger charge is -2.16. The van der Waals surface area contributed by atoms with Crippen molar-refractivity contribution in [2.75, 3.05) is 18.4 Å². The molecule has 0 spiro atoms. The highest BCUT2D eigenvalue weighted by atomic mass is 35.5. The number of rotatable bonds is 5. The predicted molar refractivity (Wildman–Crippen MR) is 110 cm³/mol.